The molecule has 2 aromatic rings. The van der Waals surface area contributed by atoms with E-state index in [4.69, 9.17) is 17.3 Å². The van der Waals surface area contributed by atoms with Crippen molar-refractivity contribution in [2.45, 2.75) is 19.4 Å². The van der Waals surface area contributed by atoms with E-state index >= 15 is 0 Å². The Hall–Kier alpha value is -2.53. The molecule has 0 aromatic heterocycles. The molecule has 0 radical (unpaired) electrons. The van der Waals surface area contributed by atoms with Crippen LogP contribution in [0, 0.1) is 12.7 Å². The molecule has 25 heavy (non-hydrogen) atoms. The first-order chi connectivity index (χ1) is 12.1. The van der Waals surface area contributed by atoms with E-state index < -0.39 is 0 Å². The zero-order chi connectivity index (χ0) is 17.8. The molecule has 0 fully saturated rings. The van der Waals surface area contributed by atoms with E-state index in [1.54, 1.807) is 23.2 Å². The van der Waals surface area contributed by atoms with Gasteiger partial charge in [0.1, 0.15) is 5.82 Å². The highest BCUT2D eigenvalue weighted by atomic mass is 32.1. The molecular weight excluding hydrogens is 333 g/mol. The highest BCUT2D eigenvalue weighted by molar-refractivity contribution is 7.80. The molecule has 5 heteroatoms. The lowest BCUT2D eigenvalue weighted by molar-refractivity contribution is 0.365. The van der Waals surface area contributed by atoms with Gasteiger partial charge in [-0.1, -0.05) is 48.0 Å². The number of halogens is 1. The minimum Gasteiger partial charge on any atom is -0.358 e. The first kappa shape index (κ1) is 17.3. The van der Waals surface area contributed by atoms with Gasteiger partial charge in [0.2, 0.25) is 0 Å². The number of nitrogens with one attached hydrogen (secondary N) is 1. The van der Waals surface area contributed by atoms with E-state index in [1.165, 1.54) is 17.7 Å². The summed E-state index contributed by atoms with van der Waals surface area (Å²) in [5.41, 5.74) is 4.23. The second kappa shape index (κ2) is 7.57. The van der Waals surface area contributed by atoms with Gasteiger partial charge in [0.05, 0.1) is 11.8 Å². The largest absolute Gasteiger partial charge is 0.358 e. The Morgan fingerprint density at radius 2 is 1.96 bits per heavy atom. The van der Waals surface area contributed by atoms with Crippen molar-refractivity contribution in [1.82, 2.24) is 10.3 Å². The molecule has 1 aliphatic rings. The molecular formula is C20H20FN3S. The lowest BCUT2D eigenvalue weighted by atomic mass is 9.98. The summed E-state index contributed by atoms with van der Waals surface area (Å²) in [5.74, 6) is -0.250. The van der Waals surface area contributed by atoms with Crippen LogP contribution in [0.5, 0.6) is 0 Å². The van der Waals surface area contributed by atoms with Gasteiger partial charge in [0.25, 0.3) is 0 Å². The summed E-state index contributed by atoms with van der Waals surface area (Å²) in [4.78, 5) is 0. The summed E-state index contributed by atoms with van der Waals surface area (Å²) in [6.07, 6.45) is 2.46. The molecule has 0 saturated carbocycles. The molecule has 2 aromatic carbocycles. The third-order valence-electron chi connectivity index (χ3n) is 4.16. The Balaban J connectivity index is 1.91. The lowest BCUT2D eigenvalue weighted by Crippen LogP contribution is -2.36. The Labute approximate surface area is 152 Å². The van der Waals surface area contributed by atoms with Gasteiger partial charge in [0.15, 0.2) is 5.11 Å². The summed E-state index contributed by atoms with van der Waals surface area (Å²) in [5, 5.41) is 10.2. The smallest absolute Gasteiger partial charge is 0.190 e. The number of rotatable bonds is 4. The Bertz CT molecular complexity index is 797. The number of hydrazone groups is 1. The molecule has 0 spiro atoms. The van der Waals surface area contributed by atoms with E-state index in [0.717, 1.165) is 16.8 Å². The quantitative estimate of drug-likeness (QED) is 0.654. The lowest BCUT2D eigenvalue weighted by Gasteiger charge is -2.24. The van der Waals surface area contributed by atoms with Crippen molar-refractivity contribution in [3.05, 3.63) is 83.7 Å². The predicted octanol–water partition coefficient (Wildman–Crippen LogP) is 4.35. The summed E-state index contributed by atoms with van der Waals surface area (Å²) in [6, 6.07) is 14.7. The van der Waals surface area contributed by atoms with E-state index in [2.05, 4.69) is 43.1 Å². The van der Waals surface area contributed by atoms with E-state index in [-0.39, 0.29) is 11.9 Å². The second-order valence-electron chi connectivity index (χ2n) is 6.00. The fourth-order valence-electron chi connectivity index (χ4n) is 2.80. The molecule has 1 atom stereocenters. The van der Waals surface area contributed by atoms with Crippen LogP contribution in [0.3, 0.4) is 0 Å². The third-order valence-corrected chi connectivity index (χ3v) is 4.49. The SMILES string of the molecule is C=CCNC(=S)N1N=C(c2ccc(C)cc2)CC1c1ccc(F)cc1. The fraction of sp³-hybridized carbons (Fsp3) is 0.200. The topological polar surface area (TPSA) is 27.6 Å². The van der Waals surface area contributed by atoms with Crippen LogP contribution in [0.1, 0.15) is 29.2 Å². The molecule has 0 saturated heterocycles. The Morgan fingerprint density at radius 1 is 1.28 bits per heavy atom. The predicted molar refractivity (Wildman–Crippen MR) is 104 cm³/mol. The minimum absolute atomic E-state index is 0.0540. The molecule has 3 rings (SSSR count). The van der Waals surface area contributed by atoms with Crippen molar-refractivity contribution in [2.24, 2.45) is 5.10 Å². The molecule has 0 aliphatic carbocycles. The summed E-state index contributed by atoms with van der Waals surface area (Å²) >= 11 is 5.49. The van der Waals surface area contributed by atoms with E-state index in [0.29, 0.717) is 18.1 Å². The van der Waals surface area contributed by atoms with Crippen LogP contribution in [0.2, 0.25) is 0 Å². The molecule has 128 valence electrons. The van der Waals surface area contributed by atoms with Gasteiger partial charge >= 0.3 is 0 Å². The molecule has 1 N–H and O–H groups in total. The van der Waals surface area contributed by atoms with Gasteiger partial charge in [-0.3, -0.25) is 0 Å². The van der Waals surface area contributed by atoms with Gasteiger partial charge in [-0.25, -0.2) is 9.40 Å². The molecule has 0 amide bonds. The zero-order valence-electron chi connectivity index (χ0n) is 14.1. The second-order valence-corrected chi connectivity index (χ2v) is 6.39. The summed E-state index contributed by atoms with van der Waals surface area (Å²) in [7, 11) is 0. The number of hydrogen-bond acceptors (Lipinski definition) is 2. The average molecular weight is 353 g/mol. The van der Waals surface area contributed by atoms with Crippen molar-refractivity contribution in [3.8, 4) is 0 Å². The number of aryl methyl sites for hydroxylation is 1. The molecule has 1 unspecified atom stereocenters. The number of nitrogens with zero attached hydrogens (tertiary/aromatic N) is 2. The van der Waals surface area contributed by atoms with Crippen molar-refractivity contribution >= 4 is 23.0 Å². The van der Waals surface area contributed by atoms with Gasteiger partial charge < -0.3 is 5.32 Å². The van der Waals surface area contributed by atoms with Crippen LogP contribution in [-0.4, -0.2) is 22.4 Å². The van der Waals surface area contributed by atoms with Gasteiger partial charge in [0, 0.05) is 13.0 Å². The number of hydrogen-bond donors (Lipinski definition) is 1. The maximum Gasteiger partial charge on any atom is 0.190 e. The van der Waals surface area contributed by atoms with Crippen LogP contribution in [0.15, 0.2) is 66.3 Å². The maximum atomic E-state index is 13.3. The molecule has 1 aliphatic heterocycles. The van der Waals surface area contributed by atoms with Crippen LogP contribution in [-0.2, 0) is 0 Å². The third kappa shape index (κ3) is 3.94. The van der Waals surface area contributed by atoms with Crippen LogP contribution in [0.25, 0.3) is 0 Å². The number of thiocarbonyl (C=S) groups is 1. The molecule has 0 bridgehead atoms. The maximum absolute atomic E-state index is 13.3. The average Bonchev–Trinajstić information content (AvgIpc) is 3.06. The Morgan fingerprint density at radius 3 is 2.60 bits per heavy atom. The summed E-state index contributed by atoms with van der Waals surface area (Å²) < 4.78 is 13.3. The van der Waals surface area contributed by atoms with E-state index in [1.807, 2.05) is 0 Å². The van der Waals surface area contributed by atoms with Crippen molar-refractivity contribution in [2.75, 3.05) is 6.54 Å². The van der Waals surface area contributed by atoms with Gasteiger partial charge in [-0.05, 0) is 42.4 Å². The fourth-order valence-corrected chi connectivity index (χ4v) is 3.05. The van der Waals surface area contributed by atoms with Gasteiger partial charge in [-0.15, -0.1) is 6.58 Å². The standard InChI is InChI=1S/C20H20FN3S/c1-3-12-22-20(25)24-19(16-8-10-17(21)11-9-16)13-18(23-24)15-6-4-14(2)5-7-15/h3-11,19H,1,12-13H2,2H3,(H,22,25). The van der Waals surface area contributed by atoms with Crippen molar-refractivity contribution < 1.29 is 4.39 Å². The Kier molecular flexibility index (Phi) is 5.24. The van der Waals surface area contributed by atoms with Crippen LogP contribution in [0.4, 0.5) is 4.39 Å². The van der Waals surface area contributed by atoms with Crippen LogP contribution >= 0.6 is 12.2 Å². The first-order valence-electron chi connectivity index (χ1n) is 8.16. The molecule has 3 nitrogen and oxygen atoms in total. The first-order valence-corrected chi connectivity index (χ1v) is 8.57. The zero-order valence-corrected chi connectivity index (χ0v) is 14.9. The highest BCUT2D eigenvalue weighted by Crippen LogP contribution is 2.32. The number of benzene rings is 2. The highest BCUT2D eigenvalue weighted by Gasteiger charge is 2.31. The minimum atomic E-state index is -0.250. The van der Waals surface area contributed by atoms with Crippen LogP contribution < -0.4 is 5.32 Å². The summed E-state index contributed by atoms with van der Waals surface area (Å²) in [6.45, 7) is 6.33. The normalized spacial score (nSPS) is 16.5. The van der Waals surface area contributed by atoms with Crippen molar-refractivity contribution in [3.63, 3.8) is 0 Å². The van der Waals surface area contributed by atoms with Gasteiger partial charge in [-0.2, -0.15) is 5.10 Å². The molecule has 1 heterocycles. The monoisotopic (exact) mass is 353 g/mol. The van der Waals surface area contributed by atoms with E-state index in [9.17, 15) is 4.39 Å². The van der Waals surface area contributed by atoms with Crippen molar-refractivity contribution in [1.29, 1.82) is 0 Å².